The van der Waals surface area contributed by atoms with Crippen LogP contribution in [0.4, 0.5) is 4.79 Å². The first-order valence-electron chi connectivity index (χ1n) is 9.46. The molecule has 6 heteroatoms. The highest BCUT2D eigenvalue weighted by Crippen LogP contribution is 2.47. The molecule has 2 amide bonds. The van der Waals surface area contributed by atoms with Gasteiger partial charge in [0.25, 0.3) is 0 Å². The van der Waals surface area contributed by atoms with Crippen LogP contribution in [0.25, 0.3) is 0 Å². The maximum atomic E-state index is 12.5. The lowest BCUT2D eigenvalue weighted by Gasteiger charge is -2.38. The highest BCUT2D eigenvalue weighted by Gasteiger charge is 2.44. The number of ether oxygens (including phenoxy) is 1. The smallest absolute Gasteiger partial charge is 0.317 e. The molecule has 1 aliphatic heterocycles. The van der Waals surface area contributed by atoms with E-state index in [0.29, 0.717) is 16.3 Å². The summed E-state index contributed by atoms with van der Waals surface area (Å²) < 4.78 is 5.92. The Balaban J connectivity index is 1.22. The van der Waals surface area contributed by atoms with Crippen molar-refractivity contribution in [3.63, 3.8) is 0 Å². The SMILES string of the molecule is O=C(NC1CCC(Oc2ncccc2Cl)CC1)N1CCC2(CCC2)C1. The molecule has 1 N–H and O–H groups in total. The minimum absolute atomic E-state index is 0.126. The van der Waals surface area contributed by atoms with Gasteiger partial charge in [0.15, 0.2) is 0 Å². The number of pyridine rings is 1. The minimum Gasteiger partial charge on any atom is -0.473 e. The number of nitrogens with one attached hydrogen (secondary N) is 1. The standard InChI is InChI=1S/C19H26ClN3O2/c20-16-3-1-11-21-17(16)25-15-6-4-14(5-7-15)22-18(24)23-12-10-19(13-23)8-2-9-19/h1,3,11,14-15H,2,4-10,12-13H2,(H,22,24). The third kappa shape index (κ3) is 3.71. The Hall–Kier alpha value is -1.49. The number of carbonyl (C=O) groups excluding carboxylic acids is 1. The van der Waals surface area contributed by atoms with Crippen molar-refractivity contribution < 1.29 is 9.53 Å². The molecule has 1 saturated heterocycles. The fourth-order valence-electron chi connectivity index (χ4n) is 4.40. The quantitative estimate of drug-likeness (QED) is 0.882. The van der Waals surface area contributed by atoms with E-state index in [0.717, 1.165) is 38.8 Å². The summed E-state index contributed by atoms with van der Waals surface area (Å²) in [4.78, 5) is 18.7. The second kappa shape index (κ2) is 7.02. The first-order chi connectivity index (χ1) is 12.1. The lowest BCUT2D eigenvalue weighted by molar-refractivity contribution is 0.126. The zero-order valence-electron chi connectivity index (χ0n) is 14.5. The summed E-state index contributed by atoms with van der Waals surface area (Å²) in [5.41, 5.74) is 0.463. The van der Waals surface area contributed by atoms with Crippen LogP contribution in [0.2, 0.25) is 5.02 Å². The van der Waals surface area contributed by atoms with Gasteiger partial charge in [-0.2, -0.15) is 0 Å². The van der Waals surface area contributed by atoms with Crippen molar-refractivity contribution in [2.45, 2.75) is 63.5 Å². The fourth-order valence-corrected chi connectivity index (χ4v) is 4.57. The van der Waals surface area contributed by atoms with Crippen molar-refractivity contribution in [1.29, 1.82) is 0 Å². The maximum absolute atomic E-state index is 12.5. The molecule has 25 heavy (non-hydrogen) atoms. The number of carbonyl (C=O) groups is 1. The summed E-state index contributed by atoms with van der Waals surface area (Å²) >= 11 is 6.10. The van der Waals surface area contributed by atoms with E-state index in [1.165, 1.54) is 25.7 Å². The molecular weight excluding hydrogens is 338 g/mol. The van der Waals surface area contributed by atoms with Crippen molar-refractivity contribution in [2.24, 2.45) is 5.41 Å². The molecule has 5 nitrogen and oxygen atoms in total. The predicted octanol–water partition coefficient (Wildman–Crippen LogP) is 4.01. The maximum Gasteiger partial charge on any atom is 0.317 e. The van der Waals surface area contributed by atoms with Gasteiger partial charge in [0.1, 0.15) is 11.1 Å². The number of urea groups is 1. The van der Waals surface area contributed by atoms with Gasteiger partial charge < -0.3 is 15.0 Å². The van der Waals surface area contributed by atoms with Gasteiger partial charge in [-0.15, -0.1) is 0 Å². The molecule has 0 radical (unpaired) electrons. The molecule has 3 aliphatic rings. The second-order valence-corrected chi connectivity index (χ2v) is 8.26. The molecule has 136 valence electrons. The Morgan fingerprint density at radius 3 is 2.72 bits per heavy atom. The molecule has 1 spiro atoms. The van der Waals surface area contributed by atoms with Gasteiger partial charge in [-0.1, -0.05) is 18.0 Å². The number of halogens is 1. The molecule has 0 bridgehead atoms. The van der Waals surface area contributed by atoms with Crippen LogP contribution in [0.3, 0.4) is 0 Å². The topological polar surface area (TPSA) is 54.5 Å². The molecule has 0 unspecified atom stereocenters. The fraction of sp³-hybridized carbons (Fsp3) is 0.684. The van der Waals surface area contributed by atoms with E-state index < -0.39 is 0 Å². The zero-order valence-corrected chi connectivity index (χ0v) is 15.3. The minimum atomic E-state index is 0.126. The van der Waals surface area contributed by atoms with Gasteiger partial charge in [-0.3, -0.25) is 0 Å². The molecule has 2 heterocycles. The van der Waals surface area contributed by atoms with Crippen LogP contribution in [-0.4, -0.2) is 41.2 Å². The average Bonchev–Trinajstić information content (AvgIpc) is 3.05. The summed E-state index contributed by atoms with van der Waals surface area (Å²) in [6.45, 7) is 1.87. The third-order valence-corrected chi connectivity index (χ3v) is 6.43. The van der Waals surface area contributed by atoms with Crippen molar-refractivity contribution in [3.8, 4) is 5.88 Å². The van der Waals surface area contributed by atoms with Crippen LogP contribution < -0.4 is 10.1 Å². The second-order valence-electron chi connectivity index (χ2n) is 7.86. The van der Waals surface area contributed by atoms with E-state index >= 15 is 0 Å². The molecule has 2 saturated carbocycles. The summed E-state index contributed by atoms with van der Waals surface area (Å²) in [5.74, 6) is 0.513. The first kappa shape index (κ1) is 17.0. The Kier molecular flexibility index (Phi) is 4.76. The van der Waals surface area contributed by atoms with E-state index in [1.807, 2.05) is 4.90 Å². The van der Waals surface area contributed by atoms with Crippen LogP contribution in [0.5, 0.6) is 5.88 Å². The summed E-state index contributed by atoms with van der Waals surface area (Å²) in [7, 11) is 0. The van der Waals surface area contributed by atoms with Crippen LogP contribution >= 0.6 is 11.6 Å². The Morgan fingerprint density at radius 1 is 1.28 bits per heavy atom. The molecule has 0 aromatic carbocycles. The van der Waals surface area contributed by atoms with Gasteiger partial charge in [0, 0.05) is 25.3 Å². The lowest BCUT2D eigenvalue weighted by Crippen LogP contribution is -2.47. The third-order valence-electron chi connectivity index (χ3n) is 6.14. The predicted molar refractivity (Wildman–Crippen MR) is 96.9 cm³/mol. The van der Waals surface area contributed by atoms with Gasteiger partial charge in [0.2, 0.25) is 5.88 Å². The number of hydrogen-bond acceptors (Lipinski definition) is 3. The molecule has 2 aliphatic carbocycles. The number of hydrogen-bond donors (Lipinski definition) is 1. The Morgan fingerprint density at radius 2 is 2.08 bits per heavy atom. The van der Waals surface area contributed by atoms with Crippen molar-refractivity contribution in [2.75, 3.05) is 13.1 Å². The Labute approximate surface area is 154 Å². The molecule has 1 aromatic heterocycles. The lowest BCUT2D eigenvalue weighted by atomic mass is 9.68. The highest BCUT2D eigenvalue weighted by atomic mass is 35.5. The molecule has 0 atom stereocenters. The summed E-state index contributed by atoms with van der Waals surface area (Å²) in [5, 5.41) is 3.78. The van der Waals surface area contributed by atoms with Gasteiger partial charge in [-0.05, 0) is 62.5 Å². The number of aromatic nitrogens is 1. The van der Waals surface area contributed by atoms with Crippen molar-refractivity contribution in [3.05, 3.63) is 23.4 Å². The highest BCUT2D eigenvalue weighted by molar-refractivity contribution is 6.31. The largest absolute Gasteiger partial charge is 0.473 e. The molecular formula is C19H26ClN3O2. The van der Waals surface area contributed by atoms with E-state index in [9.17, 15) is 4.79 Å². The van der Waals surface area contributed by atoms with Crippen LogP contribution in [-0.2, 0) is 0 Å². The van der Waals surface area contributed by atoms with Crippen LogP contribution in [0.15, 0.2) is 18.3 Å². The van der Waals surface area contributed by atoms with Gasteiger partial charge in [0.05, 0.1) is 0 Å². The Bertz CT molecular complexity index is 627. The van der Waals surface area contributed by atoms with E-state index in [1.54, 1.807) is 18.3 Å². The molecule has 1 aromatic rings. The van der Waals surface area contributed by atoms with Gasteiger partial charge in [-0.25, -0.2) is 9.78 Å². The monoisotopic (exact) mass is 363 g/mol. The molecule has 4 rings (SSSR count). The number of nitrogens with zero attached hydrogens (tertiary/aromatic N) is 2. The average molecular weight is 364 g/mol. The van der Waals surface area contributed by atoms with Crippen molar-refractivity contribution in [1.82, 2.24) is 15.2 Å². The summed E-state index contributed by atoms with van der Waals surface area (Å²) in [6, 6.07) is 3.97. The normalized spacial score (nSPS) is 27.8. The summed E-state index contributed by atoms with van der Waals surface area (Å²) in [6.07, 6.45) is 10.7. The van der Waals surface area contributed by atoms with E-state index in [-0.39, 0.29) is 18.2 Å². The molecule has 3 fully saturated rings. The first-order valence-corrected chi connectivity index (χ1v) is 9.84. The van der Waals surface area contributed by atoms with Crippen LogP contribution in [0.1, 0.15) is 51.4 Å². The van der Waals surface area contributed by atoms with E-state index in [4.69, 9.17) is 16.3 Å². The number of rotatable bonds is 3. The number of amides is 2. The zero-order chi connectivity index (χ0) is 17.3. The number of likely N-dealkylation sites (tertiary alicyclic amines) is 1. The van der Waals surface area contributed by atoms with Crippen LogP contribution in [0, 0.1) is 5.41 Å². The van der Waals surface area contributed by atoms with Gasteiger partial charge >= 0.3 is 6.03 Å². The van der Waals surface area contributed by atoms with Crippen molar-refractivity contribution >= 4 is 17.6 Å². The van der Waals surface area contributed by atoms with E-state index in [2.05, 4.69) is 10.3 Å².